The monoisotopic (exact) mass is 323 g/mol. The number of benzene rings is 1. The minimum atomic E-state index is -0.562. The average Bonchev–Trinajstić information content (AvgIpc) is 2.80. The largest absolute Gasteiger partial charge is 0.431 e. The third kappa shape index (κ3) is 2.51. The molecule has 0 saturated carbocycles. The van der Waals surface area contributed by atoms with Crippen LogP contribution in [0.3, 0.4) is 0 Å². The molecule has 2 aromatic heterocycles. The number of aromatic nitrogens is 2. The zero-order valence-corrected chi connectivity index (χ0v) is 11.9. The van der Waals surface area contributed by atoms with Crippen LogP contribution in [0.4, 0.5) is 5.82 Å². The number of ether oxygens (including phenoxy) is 1. The van der Waals surface area contributed by atoms with Gasteiger partial charge in [-0.15, -0.1) is 0 Å². The number of nitro groups is 1. The van der Waals surface area contributed by atoms with E-state index in [1.54, 1.807) is 30.3 Å². The van der Waals surface area contributed by atoms with Gasteiger partial charge in [0, 0.05) is 17.2 Å². The molecule has 6 nitrogen and oxygen atoms in total. The third-order valence-corrected chi connectivity index (χ3v) is 3.29. The van der Waals surface area contributed by atoms with E-state index in [9.17, 15) is 10.1 Å². The second-order valence-electron chi connectivity index (χ2n) is 4.10. The molecular weight excluding hydrogens is 317 g/mol. The minimum Gasteiger partial charge on any atom is -0.431 e. The Bertz CT molecular complexity index is 848. The normalized spacial score (nSPS) is 10.8. The molecule has 2 heterocycles. The van der Waals surface area contributed by atoms with Crippen LogP contribution in [0.25, 0.3) is 5.65 Å². The molecule has 0 aliphatic heterocycles. The average molecular weight is 324 g/mol. The Hall–Kier alpha value is -2.31. The Morgan fingerprint density at radius 3 is 2.81 bits per heavy atom. The Morgan fingerprint density at radius 2 is 2.05 bits per heavy atom. The van der Waals surface area contributed by atoms with Gasteiger partial charge in [-0.05, 0) is 23.1 Å². The van der Waals surface area contributed by atoms with Crippen LogP contribution in [0.2, 0.25) is 10.0 Å². The number of halogens is 2. The van der Waals surface area contributed by atoms with Gasteiger partial charge in [0.15, 0.2) is 0 Å². The van der Waals surface area contributed by atoms with Crippen LogP contribution in [-0.4, -0.2) is 14.3 Å². The number of imidazole rings is 1. The van der Waals surface area contributed by atoms with Crippen molar-refractivity contribution in [2.75, 3.05) is 0 Å². The summed E-state index contributed by atoms with van der Waals surface area (Å²) in [5.41, 5.74) is 0.400. The first-order valence-corrected chi connectivity index (χ1v) is 6.56. The lowest BCUT2D eigenvalue weighted by Gasteiger charge is -2.05. The quantitative estimate of drug-likeness (QED) is 0.531. The van der Waals surface area contributed by atoms with Gasteiger partial charge in [0.2, 0.25) is 5.65 Å². The van der Waals surface area contributed by atoms with Crippen LogP contribution < -0.4 is 4.74 Å². The van der Waals surface area contributed by atoms with Crippen LogP contribution in [0, 0.1) is 10.1 Å². The first kappa shape index (κ1) is 13.7. The molecule has 0 unspecified atom stereocenters. The molecule has 0 spiro atoms. The summed E-state index contributed by atoms with van der Waals surface area (Å²) in [7, 11) is 0. The molecule has 0 radical (unpaired) electrons. The minimum absolute atomic E-state index is 0.143. The number of fused-ring (bicyclic) bond motifs is 1. The molecule has 0 atom stereocenters. The molecular formula is C13H7Cl2N3O3. The van der Waals surface area contributed by atoms with Gasteiger partial charge >= 0.3 is 11.7 Å². The molecule has 0 fully saturated rings. The van der Waals surface area contributed by atoms with Gasteiger partial charge in [-0.2, -0.15) is 9.38 Å². The van der Waals surface area contributed by atoms with E-state index in [1.807, 2.05) is 0 Å². The number of rotatable bonds is 3. The standard InChI is InChI=1S/C13H7Cl2N3O3/c14-8-4-5-9(15)10(7-8)21-12-13(18(19)20)17-6-2-1-3-11(17)16-12/h1-7H. The van der Waals surface area contributed by atoms with E-state index in [1.165, 1.54) is 16.7 Å². The van der Waals surface area contributed by atoms with Crippen molar-refractivity contribution in [1.82, 2.24) is 9.38 Å². The Kier molecular flexibility index (Phi) is 3.40. The SMILES string of the molecule is O=[N+]([O-])c1c(Oc2cc(Cl)ccc2Cl)nc2ccccn12. The van der Waals surface area contributed by atoms with E-state index in [0.29, 0.717) is 10.7 Å². The molecule has 0 bridgehead atoms. The van der Waals surface area contributed by atoms with Crippen LogP contribution in [0.1, 0.15) is 0 Å². The van der Waals surface area contributed by atoms with Crippen molar-refractivity contribution in [2.24, 2.45) is 0 Å². The van der Waals surface area contributed by atoms with Gasteiger partial charge in [0.1, 0.15) is 5.75 Å². The van der Waals surface area contributed by atoms with E-state index in [4.69, 9.17) is 27.9 Å². The fraction of sp³-hybridized carbons (Fsp3) is 0. The van der Waals surface area contributed by atoms with E-state index >= 15 is 0 Å². The van der Waals surface area contributed by atoms with Gasteiger partial charge < -0.3 is 14.9 Å². The highest BCUT2D eigenvalue weighted by Crippen LogP contribution is 2.36. The smallest absolute Gasteiger partial charge is 0.392 e. The predicted molar refractivity (Wildman–Crippen MR) is 78.4 cm³/mol. The molecule has 0 saturated heterocycles. The highest BCUT2D eigenvalue weighted by molar-refractivity contribution is 6.34. The first-order valence-electron chi connectivity index (χ1n) is 5.80. The zero-order valence-electron chi connectivity index (χ0n) is 10.4. The van der Waals surface area contributed by atoms with Crippen molar-refractivity contribution in [3.63, 3.8) is 0 Å². The van der Waals surface area contributed by atoms with Crippen LogP contribution in [0.5, 0.6) is 11.6 Å². The lowest BCUT2D eigenvalue weighted by Crippen LogP contribution is -1.96. The maximum Gasteiger partial charge on any atom is 0.392 e. The van der Waals surface area contributed by atoms with Gasteiger partial charge in [0.05, 0.1) is 11.2 Å². The number of nitrogens with zero attached hydrogens (tertiary/aromatic N) is 3. The topological polar surface area (TPSA) is 69.7 Å². The second-order valence-corrected chi connectivity index (χ2v) is 4.95. The molecule has 0 aliphatic rings. The molecule has 0 aliphatic carbocycles. The van der Waals surface area contributed by atoms with Crippen molar-refractivity contribution < 1.29 is 9.66 Å². The summed E-state index contributed by atoms with van der Waals surface area (Å²) < 4.78 is 6.80. The summed E-state index contributed by atoms with van der Waals surface area (Å²) in [6, 6.07) is 9.63. The lowest BCUT2D eigenvalue weighted by molar-refractivity contribution is -0.391. The summed E-state index contributed by atoms with van der Waals surface area (Å²) in [5.74, 6) is -0.215. The van der Waals surface area contributed by atoms with Crippen molar-refractivity contribution in [3.05, 3.63) is 62.8 Å². The zero-order chi connectivity index (χ0) is 15.0. The van der Waals surface area contributed by atoms with Crippen molar-refractivity contribution in [2.45, 2.75) is 0 Å². The fourth-order valence-corrected chi connectivity index (χ4v) is 2.17. The summed E-state index contributed by atoms with van der Waals surface area (Å²) in [6.07, 6.45) is 1.53. The van der Waals surface area contributed by atoms with E-state index in [-0.39, 0.29) is 22.5 Å². The summed E-state index contributed by atoms with van der Waals surface area (Å²) >= 11 is 11.9. The molecule has 21 heavy (non-hydrogen) atoms. The van der Waals surface area contributed by atoms with Gasteiger partial charge in [-0.3, -0.25) is 0 Å². The van der Waals surface area contributed by atoms with E-state index < -0.39 is 4.92 Å². The van der Waals surface area contributed by atoms with Crippen molar-refractivity contribution in [1.29, 1.82) is 0 Å². The van der Waals surface area contributed by atoms with Crippen LogP contribution in [-0.2, 0) is 0 Å². The highest BCUT2D eigenvalue weighted by Gasteiger charge is 2.25. The number of hydrogen-bond donors (Lipinski definition) is 0. The maximum absolute atomic E-state index is 11.2. The Balaban J connectivity index is 2.14. The van der Waals surface area contributed by atoms with E-state index in [0.717, 1.165) is 0 Å². The van der Waals surface area contributed by atoms with Crippen LogP contribution >= 0.6 is 23.2 Å². The highest BCUT2D eigenvalue weighted by atomic mass is 35.5. The summed E-state index contributed by atoms with van der Waals surface area (Å²) in [4.78, 5) is 14.8. The molecule has 106 valence electrons. The molecule has 3 aromatic rings. The molecule has 0 N–H and O–H groups in total. The molecule has 0 amide bonds. The van der Waals surface area contributed by atoms with Gasteiger partial charge in [0.25, 0.3) is 0 Å². The summed E-state index contributed by atoms with van der Waals surface area (Å²) in [6.45, 7) is 0. The van der Waals surface area contributed by atoms with E-state index in [2.05, 4.69) is 4.98 Å². The molecule has 8 heteroatoms. The first-order chi connectivity index (χ1) is 10.1. The van der Waals surface area contributed by atoms with Crippen LogP contribution in [0.15, 0.2) is 42.6 Å². The van der Waals surface area contributed by atoms with Gasteiger partial charge in [-0.1, -0.05) is 29.3 Å². The molecule has 1 aromatic carbocycles. The second kappa shape index (κ2) is 5.23. The predicted octanol–water partition coefficient (Wildman–Crippen LogP) is 4.34. The fourth-order valence-electron chi connectivity index (χ4n) is 1.86. The van der Waals surface area contributed by atoms with Gasteiger partial charge in [-0.25, -0.2) is 0 Å². The van der Waals surface area contributed by atoms with Crippen molar-refractivity contribution >= 4 is 34.7 Å². The number of hydrogen-bond acceptors (Lipinski definition) is 4. The maximum atomic E-state index is 11.2. The number of pyridine rings is 1. The Morgan fingerprint density at radius 1 is 1.24 bits per heavy atom. The molecule has 3 rings (SSSR count). The third-order valence-electron chi connectivity index (χ3n) is 2.75. The van der Waals surface area contributed by atoms with Crippen molar-refractivity contribution in [3.8, 4) is 11.6 Å². The lowest BCUT2D eigenvalue weighted by atomic mass is 10.3. The Labute approximate surface area is 128 Å². The summed E-state index contributed by atoms with van der Waals surface area (Å²) in [5, 5.41) is 11.9.